The third kappa shape index (κ3) is 4.28. The Bertz CT molecular complexity index is 986. The number of carbonyl (C=O) groups excluding carboxylic acids is 1. The number of rotatable bonds is 6. The van der Waals surface area contributed by atoms with E-state index in [1.807, 2.05) is 54.8 Å². The van der Waals surface area contributed by atoms with Gasteiger partial charge in [-0.3, -0.25) is 4.79 Å². The number of aromatic nitrogens is 3. The van der Waals surface area contributed by atoms with Crippen LogP contribution >= 0.6 is 11.8 Å². The largest absolute Gasteiger partial charge is 0.497 e. The van der Waals surface area contributed by atoms with Gasteiger partial charge in [0.15, 0.2) is 5.69 Å². The highest BCUT2D eigenvalue weighted by atomic mass is 32.2. The van der Waals surface area contributed by atoms with Gasteiger partial charge in [-0.25, -0.2) is 4.68 Å². The summed E-state index contributed by atoms with van der Waals surface area (Å²) in [4.78, 5) is 13.8. The summed E-state index contributed by atoms with van der Waals surface area (Å²) >= 11 is 1.69. The van der Waals surface area contributed by atoms with E-state index in [4.69, 9.17) is 9.47 Å². The lowest BCUT2D eigenvalue weighted by molar-refractivity contribution is -0.00179. The predicted molar refractivity (Wildman–Crippen MR) is 110 cm³/mol. The number of benzene rings is 2. The first-order valence-corrected chi connectivity index (χ1v) is 10.5. The molecule has 2 heterocycles. The summed E-state index contributed by atoms with van der Waals surface area (Å²) in [5.74, 6) is 0.555. The molecule has 1 aliphatic heterocycles. The number of nitrogens with zero attached hydrogens (tertiary/aromatic N) is 3. The van der Waals surface area contributed by atoms with E-state index in [0.717, 1.165) is 16.9 Å². The Morgan fingerprint density at radius 1 is 1.24 bits per heavy atom. The summed E-state index contributed by atoms with van der Waals surface area (Å²) in [5.41, 5.74) is 3.09. The zero-order chi connectivity index (χ0) is 20.2. The maximum absolute atomic E-state index is 12.6. The van der Waals surface area contributed by atoms with Gasteiger partial charge in [0.25, 0.3) is 5.91 Å². The van der Waals surface area contributed by atoms with Gasteiger partial charge < -0.3 is 14.8 Å². The number of methoxy groups -OCH3 is 1. The summed E-state index contributed by atoms with van der Waals surface area (Å²) < 4.78 is 12.9. The van der Waals surface area contributed by atoms with Crippen molar-refractivity contribution < 1.29 is 14.3 Å². The molecule has 8 heteroatoms. The van der Waals surface area contributed by atoms with Crippen molar-refractivity contribution in [3.05, 3.63) is 71.0 Å². The van der Waals surface area contributed by atoms with Gasteiger partial charge in [0.2, 0.25) is 0 Å². The van der Waals surface area contributed by atoms with E-state index in [2.05, 4.69) is 15.6 Å². The number of hydrogen-bond acceptors (Lipinski definition) is 6. The normalized spacial score (nSPS) is 15.6. The second-order valence-electron chi connectivity index (χ2n) is 6.67. The minimum atomic E-state index is -0.244. The van der Waals surface area contributed by atoms with E-state index in [0.29, 0.717) is 24.5 Å². The molecule has 0 aliphatic carbocycles. The van der Waals surface area contributed by atoms with Crippen molar-refractivity contribution in [1.82, 2.24) is 20.3 Å². The van der Waals surface area contributed by atoms with Crippen molar-refractivity contribution in [3.8, 4) is 5.75 Å². The molecule has 29 heavy (non-hydrogen) atoms. The van der Waals surface area contributed by atoms with Crippen LogP contribution in [0.15, 0.2) is 53.4 Å². The van der Waals surface area contributed by atoms with E-state index in [-0.39, 0.29) is 18.6 Å². The van der Waals surface area contributed by atoms with E-state index >= 15 is 0 Å². The van der Waals surface area contributed by atoms with E-state index < -0.39 is 0 Å². The zero-order valence-electron chi connectivity index (χ0n) is 16.3. The molecule has 0 fully saturated rings. The second-order valence-corrected chi connectivity index (χ2v) is 7.55. The van der Waals surface area contributed by atoms with Gasteiger partial charge in [0.1, 0.15) is 11.9 Å². The molecule has 0 bridgehead atoms. The van der Waals surface area contributed by atoms with Crippen LogP contribution in [-0.4, -0.2) is 34.3 Å². The minimum Gasteiger partial charge on any atom is -0.497 e. The number of hydrogen-bond donors (Lipinski definition) is 1. The molecule has 0 spiro atoms. The van der Waals surface area contributed by atoms with Crippen LogP contribution in [0, 0.1) is 0 Å². The Morgan fingerprint density at radius 2 is 2.00 bits per heavy atom. The molecular weight excluding hydrogens is 388 g/mol. The van der Waals surface area contributed by atoms with Gasteiger partial charge in [-0.1, -0.05) is 29.5 Å². The highest BCUT2D eigenvalue weighted by Crippen LogP contribution is 2.28. The monoisotopic (exact) mass is 410 g/mol. The smallest absolute Gasteiger partial charge is 0.274 e. The Morgan fingerprint density at radius 3 is 2.69 bits per heavy atom. The zero-order valence-corrected chi connectivity index (χ0v) is 17.1. The van der Waals surface area contributed by atoms with Gasteiger partial charge >= 0.3 is 0 Å². The molecule has 0 unspecified atom stereocenters. The quantitative estimate of drug-likeness (QED) is 0.629. The molecule has 1 atom stereocenters. The van der Waals surface area contributed by atoms with Gasteiger partial charge in [-0.15, -0.1) is 16.9 Å². The third-order valence-electron chi connectivity index (χ3n) is 4.91. The summed E-state index contributed by atoms with van der Waals surface area (Å²) in [6, 6.07) is 15.9. The van der Waals surface area contributed by atoms with Crippen LogP contribution in [0.5, 0.6) is 5.75 Å². The van der Waals surface area contributed by atoms with Crippen molar-refractivity contribution >= 4 is 17.7 Å². The first-order chi connectivity index (χ1) is 14.2. The highest BCUT2D eigenvalue weighted by molar-refractivity contribution is 7.98. The van der Waals surface area contributed by atoms with Crippen LogP contribution in [0.2, 0.25) is 0 Å². The lowest BCUT2D eigenvalue weighted by Gasteiger charge is -2.24. The molecule has 0 saturated heterocycles. The Kier molecular flexibility index (Phi) is 5.82. The average molecular weight is 410 g/mol. The van der Waals surface area contributed by atoms with Crippen molar-refractivity contribution in [3.63, 3.8) is 0 Å². The standard InChI is InChI=1S/C21H22N4O3S/c1-27-16-7-5-15(6-8-16)19-12-25-18(13-28-19)20(23-24-25)21(26)22-11-14-3-9-17(29-2)10-4-14/h3-10,19H,11-13H2,1-2H3,(H,22,26)/t19-/m1/s1. The lowest BCUT2D eigenvalue weighted by Crippen LogP contribution is -2.27. The van der Waals surface area contributed by atoms with Crippen molar-refractivity contribution in [2.75, 3.05) is 13.4 Å². The van der Waals surface area contributed by atoms with Gasteiger partial charge in [0, 0.05) is 11.4 Å². The number of nitrogens with one attached hydrogen (secondary N) is 1. The first kappa shape index (κ1) is 19.5. The fourth-order valence-corrected chi connectivity index (χ4v) is 3.63. The van der Waals surface area contributed by atoms with E-state index in [1.165, 1.54) is 4.90 Å². The van der Waals surface area contributed by atoms with Crippen molar-refractivity contribution in [2.24, 2.45) is 0 Å². The molecule has 4 rings (SSSR count). The number of amides is 1. The van der Waals surface area contributed by atoms with Crippen molar-refractivity contribution in [2.45, 2.75) is 30.7 Å². The molecule has 0 saturated carbocycles. The predicted octanol–water partition coefficient (Wildman–Crippen LogP) is 3.21. The molecule has 150 valence electrons. The topological polar surface area (TPSA) is 78.3 Å². The van der Waals surface area contributed by atoms with E-state index in [9.17, 15) is 4.79 Å². The number of thioether (sulfide) groups is 1. The SMILES string of the molecule is COc1ccc([C@H]2Cn3nnc(C(=O)NCc4ccc(SC)cc4)c3CO2)cc1. The Balaban J connectivity index is 1.40. The van der Waals surface area contributed by atoms with Gasteiger partial charge in [0.05, 0.1) is 26.0 Å². The molecule has 1 aliphatic rings. The lowest BCUT2D eigenvalue weighted by atomic mass is 10.1. The molecule has 1 amide bonds. The summed E-state index contributed by atoms with van der Waals surface area (Å²) in [6.45, 7) is 1.24. The number of ether oxygens (including phenoxy) is 2. The van der Waals surface area contributed by atoms with Crippen molar-refractivity contribution in [1.29, 1.82) is 0 Å². The summed E-state index contributed by atoms with van der Waals surface area (Å²) in [5, 5.41) is 11.2. The van der Waals surface area contributed by atoms with Crippen LogP contribution in [0.4, 0.5) is 0 Å². The molecule has 1 N–H and O–H groups in total. The Labute approximate surface area is 173 Å². The molecule has 1 aromatic heterocycles. The molecular formula is C21H22N4O3S. The molecule has 2 aromatic carbocycles. The van der Waals surface area contributed by atoms with Crippen LogP contribution in [0.3, 0.4) is 0 Å². The molecule has 7 nitrogen and oxygen atoms in total. The third-order valence-corrected chi connectivity index (χ3v) is 5.66. The molecule has 3 aromatic rings. The number of carbonyl (C=O) groups is 1. The second kappa shape index (κ2) is 8.67. The van der Waals surface area contributed by atoms with E-state index in [1.54, 1.807) is 23.6 Å². The number of fused-ring (bicyclic) bond motifs is 1. The summed E-state index contributed by atoms with van der Waals surface area (Å²) in [6.07, 6.45) is 1.90. The minimum absolute atomic E-state index is 0.138. The fraction of sp³-hybridized carbons (Fsp3) is 0.286. The average Bonchev–Trinajstić information content (AvgIpc) is 3.21. The fourth-order valence-electron chi connectivity index (χ4n) is 3.22. The van der Waals surface area contributed by atoms with Crippen LogP contribution in [-0.2, 0) is 24.4 Å². The van der Waals surface area contributed by atoms with Gasteiger partial charge in [-0.05, 0) is 41.6 Å². The maximum atomic E-state index is 12.6. The van der Waals surface area contributed by atoms with Gasteiger partial charge in [-0.2, -0.15) is 0 Å². The summed E-state index contributed by atoms with van der Waals surface area (Å²) in [7, 11) is 1.64. The maximum Gasteiger partial charge on any atom is 0.274 e. The first-order valence-electron chi connectivity index (χ1n) is 9.27. The van der Waals surface area contributed by atoms with Crippen LogP contribution in [0.25, 0.3) is 0 Å². The molecule has 0 radical (unpaired) electrons. The Hall–Kier alpha value is -2.84. The highest BCUT2D eigenvalue weighted by Gasteiger charge is 2.27. The van der Waals surface area contributed by atoms with Crippen LogP contribution in [0.1, 0.15) is 33.4 Å². The van der Waals surface area contributed by atoms with Crippen LogP contribution < -0.4 is 10.1 Å².